The maximum absolute atomic E-state index is 13.9. The molecule has 1 aliphatic rings. The average Bonchev–Trinajstić information content (AvgIpc) is 3.06. The Kier molecular flexibility index (Phi) is 11.0. The Balaban J connectivity index is 1.36. The summed E-state index contributed by atoms with van der Waals surface area (Å²) < 4.78 is 72.3. The van der Waals surface area contributed by atoms with Crippen molar-refractivity contribution >= 4 is 26.2 Å². The van der Waals surface area contributed by atoms with Gasteiger partial charge in [-0.05, 0) is 118 Å². The van der Waals surface area contributed by atoms with Gasteiger partial charge < -0.3 is 4.90 Å². The van der Waals surface area contributed by atoms with E-state index in [-0.39, 0.29) is 26.4 Å². The highest BCUT2D eigenvalue weighted by Crippen LogP contribution is 2.70. The second-order valence-electron chi connectivity index (χ2n) is 12.1. The highest BCUT2D eigenvalue weighted by Gasteiger charge is 2.52. The first-order valence-corrected chi connectivity index (χ1v) is 18.8. The number of likely N-dealkylation sites (tertiary alicyclic amines) is 1. The van der Waals surface area contributed by atoms with Gasteiger partial charge in [-0.1, -0.05) is 77.9 Å². The van der Waals surface area contributed by atoms with Crippen molar-refractivity contribution in [2.24, 2.45) is 5.92 Å². The van der Waals surface area contributed by atoms with Gasteiger partial charge in [0.05, 0.1) is 0 Å². The fraction of sp³-hybridized carbons (Fsp3) is 0.324. The molecule has 0 atom stereocenters. The van der Waals surface area contributed by atoms with E-state index in [4.69, 9.17) is 3.63 Å². The molecule has 0 saturated carbocycles. The number of hydrogen-bond acceptors (Lipinski definition) is 5. The lowest BCUT2D eigenvalue weighted by atomic mass is 9.89. The summed E-state index contributed by atoms with van der Waals surface area (Å²) in [7, 11) is -9.46. The third kappa shape index (κ3) is 8.17. The van der Waals surface area contributed by atoms with E-state index in [9.17, 15) is 26.4 Å². The van der Waals surface area contributed by atoms with Crippen molar-refractivity contribution in [2.75, 3.05) is 19.6 Å². The van der Waals surface area contributed by atoms with Crippen molar-refractivity contribution < 1.29 is 30.0 Å². The van der Waals surface area contributed by atoms with Crippen LogP contribution in [0.3, 0.4) is 0 Å². The molecule has 1 heterocycles. The van der Waals surface area contributed by atoms with E-state index in [1.54, 1.807) is 60.7 Å². The molecule has 0 aromatic heterocycles. The third-order valence-electron chi connectivity index (χ3n) is 8.64. The van der Waals surface area contributed by atoms with E-state index in [2.05, 4.69) is 29.2 Å². The van der Waals surface area contributed by atoms with E-state index in [0.29, 0.717) is 5.56 Å². The number of rotatable bonds is 12. The minimum absolute atomic E-state index is 0.0182. The van der Waals surface area contributed by atoms with Crippen LogP contribution in [-0.4, -0.2) is 44.2 Å². The maximum atomic E-state index is 13.9. The lowest BCUT2D eigenvalue weighted by Gasteiger charge is -2.39. The van der Waals surface area contributed by atoms with Crippen LogP contribution in [0.5, 0.6) is 0 Å². The van der Waals surface area contributed by atoms with Gasteiger partial charge in [-0.2, -0.15) is 25.2 Å². The Labute approximate surface area is 277 Å². The third-order valence-corrected chi connectivity index (χ3v) is 13.6. The normalized spacial score (nSPS) is 15.4. The topological polar surface area (TPSA) is 63.7 Å². The summed E-state index contributed by atoms with van der Waals surface area (Å²) in [6.07, 6.45) is 4.71. The molecule has 10 heteroatoms. The highest BCUT2D eigenvalue weighted by molar-refractivity contribution is 8.33. The van der Waals surface area contributed by atoms with E-state index >= 15 is 0 Å². The highest BCUT2D eigenvalue weighted by atomic mass is 32.3. The summed E-state index contributed by atoms with van der Waals surface area (Å²) >= 11 is 0. The van der Waals surface area contributed by atoms with Gasteiger partial charge in [-0.15, -0.1) is 0 Å². The maximum Gasteiger partial charge on any atom is 0.524 e. The number of alkyl halides is 3. The van der Waals surface area contributed by atoms with Crippen LogP contribution in [0.15, 0.2) is 118 Å². The zero-order valence-corrected chi connectivity index (χ0v) is 28.2. The summed E-state index contributed by atoms with van der Waals surface area (Å²) in [4.78, 5) is 16.8. The van der Waals surface area contributed by atoms with Crippen molar-refractivity contribution in [3.63, 3.8) is 0 Å². The molecule has 5 nitrogen and oxygen atoms in total. The first-order chi connectivity index (χ1) is 22.4. The first kappa shape index (κ1) is 34.9. The van der Waals surface area contributed by atoms with Crippen molar-refractivity contribution in [1.29, 1.82) is 0 Å². The average molecular weight is 684 g/mol. The van der Waals surface area contributed by atoms with E-state index < -0.39 is 25.9 Å². The molecule has 0 spiro atoms. The SMILES string of the molecule is Cc1ccc(S(OS(=O)(=O)C(F)(F)F)(c2ccc(C)cc2)c2ccc(C(=O)C3CCN(CCCCc4ccccc4)CC3)cc2)cc1. The Morgan fingerprint density at radius 3 is 1.72 bits per heavy atom. The molecule has 0 amide bonds. The molecule has 0 bridgehead atoms. The lowest BCUT2D eigenvalue weighted by Crippen LogP contribution is -2.37. The second kappa shape index (κ2) is 14.8. The molecule has 5 rings (SSSR count). The van der Waals surface area contributed by atoms with Gasteiger partial charge in [-0.3, -0.25) is 4.79 Å². The minimum atomic E-state index is -6.03. The summed E-state index contributed by atoms with van der Waals surface area (Å²) in [5.41, 5.74) is -2.15. The Morgan fingerprint density at radius 1 is 0.745 bits per heavy atom. The number of nitrogens with zero attached hydrogens (tertiary/aromatic N) is 1. The second-order valence-corrected chi connectivity index (χ2v) is 16.5. The predicted octanol–water partition coefficient (Wildman–Crippen LogP) is 9.28. The predicted molar refractivity (Wildman–Crippen MR) is 180 cm³/mol. The largest absolute Gasteiger partial charge is 0.524 e. The van der Waals surface area contributed by atoms with Gasteiger partial charge >= 0.3 is 15.6 Å². The summed E-state index contributed by atoms with van der Waals surface area (Å²) in [6, 6.07) is 29.9. The summed E-state index contributed by atoms with van der Waals surface area (Å²) in [5, 5.41) is 0. The molecule has 1 aliphatic heterocycles. The molecule has 250 valence electrons. The zero-order chi connectivity index (χ0) is 33.7. The zero-order valence-electron chi connectivity index (χ0n) is 26.6. The Morgan fingerprint density at radius 2 is 1.23 bits per heavy atom. The number of aryl methyl sites for hydroxylation is 3. The summed E-state index contributed by atoms with van der Waals surface area (Å²) in [5.74, 6) is -0.176. The van der Waals surface area contributed by atoms with Crippen LogP contribution in [0, 0.1) is 19.8 Å². The van der Waals surface area contributed by atoms with Gasteiger partial charge in [-0.25, -0.2) is 0 Å². The van der Waals surface area contributed by atoms with Crippen molar-refractivity contribution in [2.45, 2.75) is 66.1 Å². The van der Waals surface area contributed by atoms with Crippen molar-refractivity contribution in [3.8, 4) is 0 Å². The molecule has 0 radical (unpaired) electrons. The molecule has 1 saturated heterocycles. The van der Waals surface area contributed by atoms with Crippen LogP contribution in [0.2, 0.25) is 0 Å². The fourth-order valence-corrected chi connectivity index (χ4v) is 10.6. The van der Waals surface area contributed by atoms with Crippen LogP contribution in [-0.2, 0) is 20.2 Å². The fourth-order valence-electron chi connectivity index (χ4n) is 5.93. The Hall–Kier alpha value is -3.44. The van der Waals surface area contributed by atoms with Crippen molar-refractivity contribution in [1.82, 2.24) is 4.90 Å². The monoisotopic (exact) mass is 683 g/mol. The molecule has 0 aliphatic carbocycles. The number of hydrogen-bond donors (Lipinski definition) is 0. The van der Waals surface area contributed by atoms with Crippen LogP contribution in [0.4, 0.5) is 13.2 Å². The number of Topliss-reactive ketones (excluding diaryl/α,β-unsaturated/α-hetero) is 1. The van der Waals surface area contributed by atoms with Crippen LogP contribution >= 0.6 is 10.3 Å². The van der Waals surface area contributed by atoms with E-state index in [1.165, 1.54) is 17.7 Å². The number of carbonyl (C=O) groups excluding carboxylic acids is 1. The lowest BCUT2D eigenvalue weighted by molar-refractivity contribution is -0.0496. The van der Waals surface area contributed by atoms with Gasteiger partial charge in [0.25, 0.3) is 0 Å². The first-order valence-electron chi connectivity index (χ1n) is 15.8. The van der Waals surface area contributed by atoms with Gasteiger partial charge in [0.2, 0.25) is 0 Å². The summed E-state index contributed by atoms with van der Waals surface area (Å²) in [6.45, 7) is 6.31. The number of ketones is 1. The molecular weight excluding hydrogens is 644 g/mol. The molecule has 0 N–H and O–H groups in total. The van der Waals surface area contributed by atoms with Gasteiger partial charge in [0, 0.05) is 26.2 Å². The minimum Gasteiger partial charge on any atom is -0.303 e. The number of unbranched alkanes of at least 4 members (excludes halogenated alkanes) is 1. The number of halogens is 3. The van der Waals surface area contributed by atoms with Gasteiger partial charge in [0.15, 0.2) is 5.78 Å². The van der Waals surface area contributed by atoms with E-state index in [1.807, 2.05) is 19.9 Å². The molecule has 1 fully saturated rings. The molecule has 0 unspecified atom stereocenters. The molecule has 4 aromatic rings. The van der Waals surface area contributed by atoms with E-state index in [0.717, 1.165) is 62.9 Å². The molecule has 4 aromatic carbocycles. The molecule has 47 heavy (non-hydrogen) atoms. The van der Waals surface area contributed by atoms with Crippen molar-refractivity contribution in [3.05, 3.63) is 125 Å². The smallest absolute Gasteiger partial charge is 0.303 e. The van der Waals surface area contributed by atoms with Crippen LogP contribution in [0.25, 0.3) is 0 Å². The number of piperidine rings is 1. The van der Waals surface area contributed by atoms with Crippen LogP contribution in [0.1, 0.15) is 52.7 Å². The standard InChI is InChI=1S/C37H40F3NO4S2/c1-28-11-17-33(18-12-28)46(34-19-13-29(2)14-20-34,45-47(43,44)37(38,39)40)35-21-15-31(16-22-35)36(42)32-23-26-41(27-24-32)25-7-6-10-30-8-4-3-5-9-30/h3-5,8-9,11-22,32H,6-7,10,23-27H2,1-2H3. The molecular formula is C37H40F3NO4S2. The van der Waals surface area contributed by atoms with Crippen LogP contribution < -0.4 is 0 Å². The quantitative estimate of drug-likeness (QED) is 0.0847. The van der Waals surface area contributed by atoms with Gasteiger partial charge in [0.1, 0.15) is 0 Å². The number of carbonyl (C=O) groups is 1. The number of benzene rings is 4. The Bertz CT molecular complexity index is 1690.